The van der Waals surface area contributed by atoms with Crippen LogP contribution in [0.1, 0.15) is 18.5 Å². The highest BCUT2D eigenvalue weighted by atomic mass is 79.9. The van der Waals surface area contributed by atoms with Crippen LogP contribution in [0.25, 0.3) is 5.65 Å². The Kier molecular flexibility index (Phi) is 4.21. The van der Waals surface area contributed by atoms with Crippen molar-refractivity contribution in [2.24, 2.45) is 0 Å². The van der Waals surface area contributed by atoms with Gasteiger partial charge in [-0.25, -0.2) is 13.9 Å². The second-order valence-corrected chi connectivity index (χ2v) is 6.39. The molecule has 3 aromatic rings. The van der Waals surface area contributed by atoms with Crippen LogP contribution in [-0.4, -0.2) is 28.7 Å². The van der Waals surface area contributed by atoms with E-state index in [1.807, 2.05) is 38.2 Å². The number of benzene rings is 1. The monoisotopic (exact) mass is 377 g/mol. The van der Waals surface area contributed by atoms with E-state index < -0.39 is 0 Å². The summed E-state index contributed by atoms with van der Waals surface area (Å²) in [4.78, 5) is 6.50. The first-order valence-electron chi connectivity index (χ1n) is 7.19. The van der Waals surface area contributed by atoms with Gasteiger partial charge in [-0.05, 0) is 47.1 Å². The average molecular weight is 378 g/mol. The lowest BCUT2D eigenvalue weighted by Crippen LogP contribution is -2.16. The van der Waals surface area contributed by atoms with E-state index in [1.54, 1.807) is 22.8 Å². The number of hydrogen-bond acceptors (Lipinski definition) is 4. The topological polar surface area (TPSA) is 45.5 Å². The first kappa shape index (κ1) is 15.7. The van der Waals surface area contributed by atoms with E-state index in [0.29, 0.717) is 5.82 Å². The Hall–Kier alpha value is -2.15. The Labute approximate surface area is 142 Å². The van der Waals surface area contributed by atoms with E-state index in [9.17, 15) is 4.39 Å². The van der Waals surface area contributed by atoms with Crippen molar-refractivity contribution in [3.63, 3.8) is 0 Å². The molecule has 0 aliphatic carbocycles. The van der Waals surface area contributed by atoms with Gasteiger partial charge in [-0.1, -0.05) is 0 Å². The van der Waals surface area contributed by atoms with E-state index >= 15 is 0 Å². The molecule has 2 heterocycles. The Morgan fingerprint density at radius 3 is 2.83 bits per heavy atom. The molecule has 2 aromatic heterocycles. The van der Waals surface area contributed by atoms with Crippen LogP contribution in [0.2, 0.25) is 0 Å². The first-order chi connectivity index (χ1) is 11.0. The quantitative estimate of drug-likeness (QED) is 0.749. The van der Waals surface area contributed by atoms with Crippen molar-refractivity contribution in [2.75, 3.05) is 24.3 Å². The van der Waals surface area contributed by atoms with Crippen LogP contribution in [0, 0.1) is 5.82 Å². The normalized spacial score (nSPS) is 12.4. The van der Waals surface area contributed by atoms with Gasteiger partial charge in [0.1, 0.15) is 11.6 Å². The minimum Gasteiger partial charge on any atom is -0.377 e. The zero-order valence-corrected chi connectivity index (χ0v) is 14.7. The fourth-order valence-corrected chi connectivity index (χ4v) is 2.86. The largest absolute Gasteiger partial charge is 0.377 e. The lowest BCUT2D eigenvalue weighted by molar-refractivity contribution is 0.623. The lowest BCUT2D eigenvalue weighted by Gasteiger charge is -2.23. The van der Waals surface area contributed by atoms with E-state index in [1.165, 1.54) is 6.07 Å². The summed E-state index contributed by atoms with van der Waals surface area (Å²) in [7, 11) is 3.88. The lowest BCUT2D eigenvalue weighted by atomic mass is 10.1. The zero-order valence-electron chi connectivity index (χ0n) is 13.1. The van der Waals surface area contributed by atoms with Crippen LogP contribution in [0.3, 0.4) is 0 Å². The van der Waals surface area contributed by atoms with Gasteiger partial charge in [0.15, 0.2) is 5.65 Å². The third kappa shape index (κ3) is 3.14. The minimum absolute atomic E-state index is 0.0975. The molecule has 23 heavy (non-hydrogen) atoms. The van der Waals surface area contributed by atoms with Crippen molar-refractivity contribution in [1.29, 1.82) is 0 Å². The minimum atomic E-state index is -0.249. The number of nitrogens with zero attached hydrogens (tertiary/aromatic N) is 4. The molecule has 0 aliphatic heterocycles. The van der Waals surface area contributed by atoms with Crippen LogP contribution >= 0.6 is 15.9 Å². The Bertz CT molecular complexity index is 846. The smallest absolute Gasteiger partial charge is 0.171 e. The number of anilines is 2. The van der Waals surface area contributed by atoms with E-state index in [4.69, 9.17) is 0 Å². The van der Waals surface area contributed by atoms with Crippen molar-refractivity contribution in [3.8, 4) is 0 Å². The Morgan fingerprint density at radius 1 is 1.30 bits per heavy atom. The van der Waals surface area contributed by atoms with Crippen LogP contribution in [0.5, 0.6) is 0 Å². The van der Waals surface area contributed by atoms with Gasteiger partial charge in [-0.3, -0.25) is 0 Å². The molecule has 0 saturated carbocycles. The average Bonchev–Trinajstić information content (AvgIpc) is 2.88. The molecule has 3 rings (SSSR count). The molecule has 0 amide bonds. The molecule has 0 saturated heterocycles. The molecule has 7 heteroatoms. The predicted octanol–water partition coefficient (Wildman–Crippen LogP) is 3.87. The van der Waals surface area contributed by atoms with Crippen LogP contribution in [-0.2, 0) is 0 Å². The van der Waals surface area contributed by atoms with Crippen LogP contribution < -0.4 is 10.2 Å². The fraction of sp³-hybridized carbons (Fsp3) is 0.250. The summed E-state index contributed by atoms with van der Waals surface area (Å²) < 4.78 is 16.2. The summed E-state index contributed by atoms with van der Waals surface area (Å²) in [5.41, 5.74) is 2.58. The number of nitrogens with one attached hydrogen (secondary N) is 1. The number of hydrogen-bond donors (Lipinski definition) is 1. The fourth-order valence-electron chi connectivity index (χ4n) is 2.50. The highest BCUT2D eigenvalue weighted by Gasteiger charge is 2.14. The molecule has 0 fully saturated rings. The van der Waals surface area contributed by atoms with Gasteiger partial charge >= 0.3 is 0 Å². The number of aromatic nitrogens is 3. The maximum Gasteiger partial charge on any atom is 0.171 e. The van der Waals surface area contributed by atoms with Gasteiger partial charge in [0.2, 0.25) is 0 Å². The Balaban J connectivity index is 1.92. The number of halogens is 2. The maximum atomic E-state index is 13.6. The van der Waals surface area contributed by atoms with E-state index in [-0.39, 0.29) is 11.9 Å². The summed E-state index contributed by atoms with van der Waals surface area (Å²) in [6, 6.07) is 6.56. The van der Waals surface area contributed by atoms with Gasteiger partial charge in [0.25, 0.3) is 0 Å². The summed E-state index contributed by atoms with van der Waals surface area (Å²) >= 11 is 3.42. The molecular formula is C16H17BrFN5. The zero-order chi connectivity index (χ0) is 16.6. The second kappa shape index (κ2) is 6.16. The van der Waals surface area contributed by atoms with Crippen molar-refractivity contribution >= 4 is 33.1 Å². The third-order valence-corrected chi connectivity index (χ3v) is 4.19. The molecule has 0 spiro atoms. The van der Waals surface area contributed by atoms with Crippen LogP contribution in [0.4, 0.5) is 15.9 Å². The second-order valence-electron chi connectivity index (χ2n) is 5.54. The Morgan fingerprint density at radius 2 is 2.09 bits per heavy atom. The third-order valence-electron chi connectivity index (χ3n) is 3.63. The summed E-state index contributed by atoms with van der Waals surface area (Å²) in [5, 5.41) is 7.49. The van der Waals surface area contributed by atoms with Crippen LogP contribution in [0.15, 0.2) is 41.1 Å². The molecule has 5 nitrogen and oxygen atoms in total. The number of fused-ring (bicyclic) bond motifs is 1. The van der Waals surface area contributed by atoms with Crippen molar-refractivity contribution in [1.82, 2.24) is 14.6 Å². The van der Waals surface area contributed by atoms with Gasteiger partial charge in [0, 0.05) is 31.5 Å². The molecule has 0 bridgehead atoms. The van der Waals surface area contributed by atoms with Crippen molar-refractivity contribution < 1.29 is 4.39 Å². The molecule has 1 atom stereocenters. The number of rotatable bonds is 4. The molecule has 1 unspecified atom stereocenters. The van der Waals surface area contributed by atoms with Crippen molar-refractivity contribution in [2.45, 2.75) is 13.0 Å². The SMILES string of the molecule is CC(Nc1ccn2ncc(Br)c2n1)c1cc(F)ccc1N(C)C. The van der Waals surface area contributed by atoms with Gasteiger partial charge in [-0.15, -0.1) is 0 Å². The van der Waals surface area contributed by atoms with E-state index in [0.717, 1.165) is 21.4 Å². The molecule has 0 aliphatic rings. The van der Waals surface area contributed by atoms with Gasteiger partial charge in [0.05, 0.1) is 16.7 Å². The summed E-state index contributed by atoms with van der Waals surface area (Å²) in [5.74, 6) is 0.460. The predicted molar refractivity (Wildman–Crippen MR) is 93.5 cm³/mol. The first-order valence-corrected chi connectivity index (χ1v) is 7.98. The molecule has 1 N–H and O–H groups in total. The molecular weight excluding hydrogens is 361 g/mol. The molecule has 0 radical (unpaired) electrons. The summed E-state index contributed by atoms with van der Waals surface area (Å²) in [6.07, 6.45) is 3.53. The standard InChI is InChI=1S/C16H17BrFN5/c1-10(12-8-11(18)4-5-14(12)22(2)3)20-15-6-7-23-16(21-15)13(17)9-19-23/h4-10H,1-3H3,(H,20,21). The summed E-state index contributed by atoms with van der Waals surface area (Å²) in [6.45, 7) is 1.99. The van der Waals surface area contributed by atoms with E-state index in [2.05, 4.69) is 31.3 Å². The molecule has 1 aromatic carbocycles. The van der Waals surface area contributed by atoms with Gasteiger partial charge < -0.3 is 10.2 Å². The molecule has 120 valence electrons. The highest BCUT2D eigenvalue weighted by Crippen LogP contribution is 2.28. The highest BCUT2D eigenvalue weighted by molar-refractivity contribution is 9.10. The van der Waals surface area contributed by atoms with Crippen molar-refractivity contribution in [3.05, 3.63) is 52.5 Å². The maximum absolute atomic E-state index is 13.6. The van der Waals surface area contributed by atoms with Gasteiger partial charge in [-0.2, -0.15) is 5.10 Å².